The van der Waals surface area contributed by atoms with Gasteiger partial charge in [-0.3, -0.25) is 0 Å². The Morgan fingerprint density at radius 3 is 2.31 bits per heavy atom. The largest absolute Gasteiger partial charge is 0.508 e. The van der Waals surface area contributed by atoms with Gasteiger partial charge in [0, 0.05) is 11.0 Å². The van der Waals surface area contributed by atoms with E-state index >= 15 is 0 Å². The van der Waals surface area contributed by atoms with Crippen molar-refractivity contribution in [1.29, 1.82) is 0 Å². The zero-order valence-electron chi connectivity index (χ0n) is 10.7. The first-order chi connectivity index (χ1) is 7.50. The lowest BCUT2D eigenvalue weighted by molar-refractivity contribution is 0.212. The van der Waals surface area contributed by atoms with Gasteiger partial charge in [-0.05, 0) is 36.3 Å². The van der Waals surface area contributed by atoms with E-state index in [1.54, 1.807) is 0 Å². The van der Waals surface area contributed by atoms with Gasteiger partial charge >= 0.3 is 0 Å². The van der Waals surface area contributed by atoms with Crippen molar-refractivity contribution in [2.24, 2.45) is 11.8 Å². The van der Waals surface area contributed by atoms with Crippen LogP contribution in [0.5, 0.6) is 5.75 Å². The number of benzene rings is 1. The highest BCUT2D eigenvalue weighted by atomic mass is 16.3. The number of hydrogen-bond acceptors (Lipinski definition) is 1. The average Bonchev–Trinajstić information content (AvgIpc) is 2.59. The highest BCUT2D eigenvalue weighted by molar-refractivity contribution is 5.49. The predicted molar refractivity (Wildman–Crippen MR) is 67.8 cm³/mol. The van der Waals surface area contributed by atoms with E-state index in [0.717, 1.165) is 6.42 Å². The van der Waals surface area contributed by atoms with Crippen molar-refractivity contribution in [2.45, 2.75) is 46.0 Å². The van der Waals surface area contributed by atoms with Crippen molar-refractivity contribution < 1.29 is 5.11 Å². The topological polar surface area (TPSA) is 20.2 Å². The SMILES string of the molecule is CC(C)C1(C(C)C)CCc2cccc(O)c21. The molecule has 1 aliphatic rings. The summed E-state index contributed by atoms with van der Waals surface area (Å²) in [4.78, 5) is 0. The molecule has 1 aromatic carbocycles. The summed E-state index contributed by atoms with van der Waals surface area (Å²) in [6, 6.07) is 5.97. The lowest BCUT2D eigenvalue weighted by Gasteiger charge is -2.39. The number of fused-ring (bicyclic) bond motifs is 1. The fourth-order valence-electron chi connectivity index (χ4n) is 3.62. The molecule has 1 aromatic rings. The van der Waals surface area contributed by atoms with Crippen molar-refractivity contribution >= 4 is 0 Å². The van der Waals surface area contributed by atoms with Crippen molar-refractivity contribution in [3.63, 3.8) is 0 Å². The third-order valence-corrected chi connectivity index (χ3v) is 4.46. The number of aromatic hydroxyl groups is 1. The summed E-state index contributed by atoms with van der Waals surface area (Å²) in [6.45, 7) is 9.12. The molecule has 0 fully saturated rings. The Kier molecular flexibility index (Phi) is 2.73. The fraction of sp³-hybridized carbons (Fsp3) is 0.600. The predicted octanol–water partition coefficient (Wildman–Crippen LogP) is 3.89. The van der Waals surface area contributed by atoms with Gasteiger partial charge in [-0.15, -0.1) is 0 Å². The molecule has 16 heavy (non-hydrogen) atoms. The standard InChI is InChI=1S/C15H22O/c1-10(2)15(11(3)4)9-8-12-6-5-7-13(16)14(12)15/h5-7,10-11,16H,8-9H2,1-4H3. The molecule has 88 valence electrons. The molecule has 2 rings (SSSR count). The molecular weight excluding hydrogens is 196 g/mol. The lowest BCUT2D eigenvalue weighted by Crippen LogP contribution is -2.35. The van der Waals surface area contributed by atoms with Gasteiger partial charge in [0.25, 0.3) is 0 Å². The van der Waals surface area contributed by atoms with Crippen LogP contribution in [0, 0.1) is 11.8 Å². The Hall–Kier alpha value is -0.980. The van der Waals surface area contributed by atoms with Crippen LogP contribution in [0.15, 0.2) is 18.2 Å². The van der Waals surface area contributed by atoms with Gasteiger partial charge in [0.05, 0.1) is 0 Å². The van der Waals surface area contributed by atoms with Crippen LogP contribution in [0.25, 0.3) is 0 Å². The maximum absolute atomic E-state index is 10.2. The quantitative estimate of drug-likeness (QED) is 0.798. The number of hydrogen-bond donors (Lipinski definition) is 1. The Morgan fingerprint density at radius 2 is 1.75 bits per heavy atom. The van der Waals surface area contributed by atoms with Gasteiger partial charge in [-0.1, -0.05) is 39.8 Å². The maximum Gasteiger partial charge on any atom is 0.119 e. The summed E-state index contributed by atoms with van der Waals surface area (Å²) in [6.07, 6.45) is 2.29. The molecule has 0 atom stereocenters. The van der Waals surface area contributed by atoms with Gasteiger partial charge in [-0.25, -0.2) is 0 Å². The maximum atomic E-state index is 10.2. The Morgan fingerprint density at radius 1 is 1.12 bits per heavy atom. The summed E-state index contributed by atoms with van der Waals surface area (Å²) in [7, 11) is 0. The van der Waals surface area contributed by atoms with Gasteiger partial charge in [0.1, 0.15) is 5.75 Å². The third-order valence-electron chi connectivity index (χ3n) is 4.46. The van der Waals surface area contributed by atoms with Crippen molar-refractivity contribution in [2.75, 3.05) is 0 Å². The van der Waals surface area contributed by atoms with Crippen molar-refractivity contribution in [3.05, 3.63) is 29.3 Å². The number of rotatable bonds is 2. The van der Waals surface area contributed by atoms with Crippen molar-refractivity contribution in [3.8, 4) is 5.75 Å². The van der Waals surface area contributed by atoms with E-state index in [1.165, 1.54) is 17.5 Å². The second kappa shape index (κ2) is 3.80. The number of aryl methyl sites for hydroxylation is 1. The van der Waals surface area contributed by atoms with E-state index in [0.29, 0.717) is 17.6 Å². The summed E-state index contributed by atoms with van der Waals surface area (Å²) >= 11 is 0. The second-order valence-corrected chi connectivity index (χ2v) is 5.66. The van der Waals surface area contributed by atoms with Gasteiger partial charge < -0.3 is 5.11 Å². The molecule has 1 N–H and O–H groups in total. The summed E-state index contributed by atoms with van der Waals surface area (Å²) in [5, 5.41) is 10.2. The molecule has 0 amide bonds. The highest BCUT2D eigenvalue weighted by Gasteiger charge is 2.45. The van der Waals surface area contributed by atoms with E-state index in [4.69, 9.17) is 0 Å². The van der Waals surface area contributed by atoms with Crippen LogP contribution in [-0.2, 0) is 11.8 Å². The van der Waals surface area contributed by atoms with Crippen molar-refractivity contribution in [1.82, 2.24) is 0 Å². The molecule has 1 heteroatoms. The third kappa shape index (κ3) is 1.37. The summed E-state index contributed by atoms with van der Waals surface area (Å²) < 4.78 is 0. The summed E-state index contributed by atoms with van der Waals surface area (Å²) in [5.41, 5.74) is 2.74. The van der Waals surface area contributed by atoms with Crippen LogP contribution in [0.1, 0.15) is 45.2 Å². The second-order valence-electron chi connectivity index (χ2n) is 5.66. The average molecular weight is 218 g/mol. The first-order valence-corrected chi connectivity index (χ1v) is 6.31. The first-order valence-electron chi connectivity index (χ1n) is 6.31. The smallest absolute Gasteiger partial charge is 0.119 e. The molecule has 0 unspecified atom stereocenters. The minimum absolute atomic E-state index is 0.167. The molecule has 0 heterocycles. The molecule has 1 aliphatic carbocycles. The molecular formula is C15H22O. The minimum Gasteiger partial charge on any atom is -0.508 e. The zero-order valence-corrected chi connectivity index (χ0v) is 10.7. The van der Waals surface area contributed by atoms with E-state index in [1.807, 2.05) is 12.1 Å². The van der Waals surface area contributed by atoms with Crippen LogP contribution >= 0.6 is 0 Å². The van der Waals surface area contributed by atoms with E-state index in [-0.39, 0.29) is 5.41 Å². The fourth-order valence-corrected chi connectivity index (χ4v) is 3.62. The molecule has 0 aromatic heterocycles. The monoisotopic (exact) mass is 218 g/mol. The van der Waals surface area contributed by atoms with Crippen LogP contribution < -0.4 is 0 Å². The van der Waals surface area contributed by atoms with E-state index in [2.05, 4.69) is 33.8 Å². The van der Waals surface area contributed by atoms with E-state index < -0.39 is 0 Å². The minimum atomic E-state index is 0.167. The molecule has 0 aliphatic heterocycles. The summed E-state index contributed by atoms with van der Waals surface area (Å²) in [5.74, 6) is 1.64. The molecule has 0 saturated heterocycles. The molecule has 0 bridgehead atoms. The normalized spacial score (nSPS) is 18.1. The first kappa shape index (κ1) is 11.5. The lowest BCUT2D eigenvalue weighted by atomic mass is 9.65. The number of phenolic OH excluding ortho intramolecular Hbond substituents is 1. The van der Waals surface area contributed by atoms with E-state index in [9.17, 15) is 5.11 Å². The number of phenols is 1. The Bertz CT molecular complexity index is 382. The highest BCUT2D eigenvalue weighted by Crippen LogP contribution is 2.52. The van der Waals surface area contributed by atoms with Crippen LogP contribution in [-0.4, -0.2) is 5.11 Å². The zero-order chi connectivity index (χ0) is 11.9. The van der Waals surface area contributed by atoms with Gasteiger partial charge in [0.15, 0.2) is 0 Å². The van der Waals surface area contributed by atoms with Gasteiger partial charge in [0.2, 0.25) is 0 Å². The molecule has 1 nitrogen and oxygen atoms in total. The molecule has 0 spiro atoms. The molecule has 0 saturated carbocycles. The Labute approximate surface area is 98.5 Å². The van der Waals surface area contributed by atoms with Crippen LogP contribution in [0.2, 0.25) is 0 Å². The van der Waals surface area contributed by atoms with Crippen LogP contribution in [0.4, 0.5) is 0 Å². The Balaban J connectivity index is 2.63. The van der Waals surface area contributed by atoms with Gasteiger partial charge in [-0.2, -0.15) is 0 Å². The molecule has 0 radical (unpaired) electrons. The van der Waals surface area contributed by atoms with Crippen LogP contribution in [0.3, 0.4) is 0 Å².